The van der Waals surface area contributed by atoms with Crippen molar-refractivity contribution in [2.75, 3.05) is 0 Å². The summed E-state index contributed by atoms with van der Waals surface area (Å²) in [6.45, 7) is 0. The molecule has 0 bridgehead atoms. The third kappa shape index (κ3) is 2.90. The molecule has 0 radical (unpaired) electrons. The first-order valence-corrected chi connectivity index (χ1v) is 7.42. The van der Waals surface area contributed by atoms with Crippen molar-refractivity contribution in [1.82, 2.24) is 0 Å². The lowest BCUT2D eigenvalue weighted by Gasteiger charge is -2.12. The molecule has 1 aromatic carbocycles. The molecular weight excluding hydrogens is 392 g/mol. The average molecular weight is 400 g/mol. The van der Waals surface area contributed by atoms with Crippen molar-refractivity contribution in [2.45, 2.75) is 6.04 Å². The van der Waals surface area contributed by atoms with Crippen LogP contribution in [-0.2, 0) is 0 Å². The van der Waals surface area contributed by atoms with Crippen molar-refractivity contribution < 1.29 is 4.39 Å². The van der Waals surface area contributed by atoms with E-state index in [0.717, 1.165) is 13.1 Å². The molecule has 2 N–H and O–H groups in total. The van der Waals surface area contributed by atoms with Gasteiger partial charge in [0.05, 0.1) is 13.6 Å². The van der Waals surface area contributed by atoms with E-state index in [4.69, 9.17) is 17.3 Å². The molecule has 0 saturated heterocycles. The summed E-state index contributed by atoms with van der Waals surface area (Å²) in [5, 5.41) is 0.474. The van der Waals surface area contributed by atoms with Crippen LogP contribution in [-0.4, -0.2) is 0 Å². The SMILES string of the molecule is NC(c1cc(Cl)ccc1F)c1cc(Br)sc1Br. The summed E-state index contributed by atoms with van der Waals surface area (Å²) in [5.41, 5.74) is 7.29. The van der Waals surface area contributed by atoms with E-state index in [1.807, 2.05) is 6.07 Å². The first-order valence-electron chi connectivity index (χ1n) is 4.64. The molecule has 0 saturated carbocycles. The number of nitrogens with two attached hydrogens (primary N) is 1. The van der Waals surface area contributed by atoms with Crippen molar-refractivity contribution in [3.63, 3.8) is 0 Å². The van der Waals surface area contributed by atoms with E-state index in [9.17, 15) is 4.39 Å². The second-order valence-electron chi connectivity index (χ2n) is 3.42. The minimum Gasteiger partial charge on any atom is -0.320 e. The zero-order chi connectivity index (χ0) is 12.6. The molecule has 0 aliphatic carbocycles. The van der Waals surface area contributed by atoms with Crippen LogP contribution in [0.2, 0.25) is 5.02 Å². The number of hydrogen-bond donors (Lipinski definition) is 1. The fourth-order valence-corrected chi connectivity index (χ4v) is 4.60. The number of thiophene rings is 1. The highest BCUT2D eigenvalue weighted by Crippen LogP contribution is 2.37. The molecule has 1 nitrogen and oxygen atoms in total. The minimum absolute atomic E-state index is 0.351. The molecule has 0 spiro atoms. The Hall–Kier alpha value is 0.0600. The van der Waals surface area contributed by atoms with Gasteiger partial charge in [-0.25, -0.2) is 4.39 Å². The molecule has 6 heteroatoms. The lowest BCUT2D eigenvalue weighted by Crippen LogP contribution is -2.13. The first kappa shape index (κ1) is 13.5. The van der Waals surface area contributed by atoms with Crippen LogP contribution < -0.4 is 5.73 Å². The maximum Gasteiger partial charge on any atom is 0.128 e. The Bertz CT molecular complexity index is 558. The predicted molar refractivity (Wildman–Crippen MR) is 77.2 cm³/mol. The van der Waals surface area contributed by atoms with Crippen LogP contribution in [0.15, 0.2) is 31.8 Å². The number of halogens is 4. The van der Waals surface area contributed by atoms with Crippen molar-refractivity contribution in [2.24, 2.45) is 5.73 Å². The van der Waals surface area contributed by atoms with Gasteiger partial charge >= 0.3 is 0 Å². The quantitative estimate of drug-likeness (QED) is 0.746. The van der Waals surface area contributed by atoms with E-state index in [2.05, 4.69) is 31.9 Å². The van der Waals surface area contributed by atoms with E-state index in [0.29, 0.717) is 10.6 Å². The minimum atomic E-state index is -0.536. The van der Waals surface area contributed by atoms with E-state index in [-0.39, 0.29) is 5.82 Å². The van der Waals surface area contributed by atoms with Gasteiger partial charge in [0.25, 0.3) is 0 Å². The summed E-state index contributed by atoms with van der Waals surface area (Å²) in [5.74, 6) is -0.351. The summed E-state index contributed by atoms with van der Waals surface area (Å²) >= 11 is 14.1. The molecule has 1 atom stereocenters. The summed E-state index contributed by atoms with van der Waals surface area (Å²) in [6, 6.07) is 5.73. The van der Waals surface area contributed by atoms with Crippen LogP contribution in [0.5, 0.6) is 0 Å². The Morgan fingerprint density at radius 2 is 1.94 bits per heavy atom. The lowest BCUT2D eigenvalue weighted by atomic mass is 10.0. The van der Waals surface area contributed by atoms with E-state index in [1.165, 1.54) is 23.5 Å². The molecule has 0 aliphatic rings. The largest absolute Gasteiger partial charge is 0.320 e. The summed E-state index contributed by atoms with van der Waals surface area (Å²) in [6.07, 6.45) is 0. The van der Waals surface area contributed by atoms with Crippen LogP contribution in [0.25, 0.3) is 0 Å². The Morgan fingerprint density at radius 3 is 2.53 bits per heavy atom. The van der Waals surface area contributed by atoms with Crippen LogP contribution in [0.1, 0.15) is 17.2 Å². The fourth-order valence-electron chi connectivity index (χ4n) is 1.49. The summed E-state index contributed by atoms with van der Waals surface area (Å²) in [4.78, 5) is 0. The fraction of sp³-hybridized carbons (Fsp3) is 0.0909. The monoisotopic (exact) mass is 397 g/mol. The molecule has 1 heterocycles. The normalized spacial score (nSPS) is 12.8. The van der Waals surface area contributed by atoms with Crippen LogP contribution >= 0.6 is 54.8 Å². The Labute approximate surface area is 124 Å². The third-order valence-electron chi connectivity index (χ3n) is 2.31. The molecule has 1 unspecified atom stereocenters. The molecular formula is C11H7Br2ClFNS. The van der Waals surface area contributed by atoms with Gasteiger partial charge in [0.1, 0.15) is 5.82 Å². The third-order valence-corrected chi connectivity index (χ3v) is 4.93. The molecule has 0 fully saturated rings. The average Bonchev–Trinajstić information content (AvgIpc) is 2.60. The lowest BCUT2D eigenvalue weighted by molar-refractivity contribution is 0.599. The van der Waals surface area contributed by atoms with Gasteiger partial charge in [-0.2, -0.15) is 0 Å². The van der Waals surface area contributed by atoms with Gasteiger partial charge in [-0.3, -0.25) is 0 Å². The molecule has 1 aromatic heterocycles. The molecule has 2 aromatic rings. The molecule has 0 aliphatic heterocycles. The highest BCUT2D eigenvalue weighted by molar-refractivity contribution is 9.12. The van der Waals surface area contributed by atoms with Crippen LogP contribution in [0.3, 0.4) is 0 Å². The molecule has 90 valence electrons. The van der Waals surface area contributed by atoms with Crippen LogP contribution in [0, 0.1) is 5.82 Å². The maximum absolute atomic E-state index is 13.7. The van der Waals surface area contributed by atoms with Gasteiger partial charge in [-0.15, -0.1) is 11.3 Å². The van der Waals surface area contributed by atoms with Gasteiger partial charge in [-0.05, 0) is 61.7 Å². The number of benzene rings is 1. The standard InChI is InChI=1S/C11H7Br2ClFNS/c12-9-4-7(11(13)17-9)10(16)6-3-5(14)1-2-8(6)15/h1-4,10H,16H2. The Kier molecular flexibility index (Phi) is 4.26. The smallest absolute Gasteiger partial charge is 0.128 e. The predicted octanol–water partition coefficient (Wildman–Crippen LogP) is 5.11. The molecule has 17 heavy (non-hydrogen) atoms. The van der Waals surface area contributed by atoms with Crippen LogP contribution in [0.4, 0.5) is 4.39 Å². The Morgan fingerprint density at radius 1 is 1.24 bits per heavy atom. The number of rotatable bonds is 2. The zero-order valence-electron chi connectivity index (χ0n) is 8.38. The highest BCUT2D eigenvalue weighted by Gasteiger charge is 2.18. The first-order chi connectivity index (χ1) is 7.99. The van der Waals surface area contributed by atoms with E-state index < -0.39 is 6.04 Å². The maximum atomic E-state index is 13.7. The van der Waals surface area contributed by atoms with Gasteiger partial charge in [-0.1, -0.05) is 11.6 Å². The topological polar surface area (TPSA) is 26.0 Å². The van der Waals surface area contributed by atoms with Gasteiger partial charge in [0.2, 0.25) is 0 Å². The van der Waals surface area contributed by atoms with Crippen molar-refractivity contribution in [3.8, 4) is 0 Å². The Balaban J connectivity index is 2.46. The molecule has 2 rings (SSSR count). The highest BCUT2D eigenvalue weighted by atomic mass is 79.9. The van der Waals surface area contributed by atoms with Crippen molar-refractivity contribution in [3.05, 3.63) is 53.8 Å². The summed E-state index contributed by atoms with van der Waals surface area (Å²) < 4.78 is 15.5. The van der Waals surface area contributed by atoms with E-state index in [1.54, 1.807) is 6.07 Å². The van der Waals surface area contributed by atoms with E-state index >= 15 is 0 Å². The number of hydrogen-bond acceptors (Lipinski definition) is 2. The van der Waals surface area contributed by atoms with Crippen molar-refractivity contribution in [1.29, 1.82) is 0 Å². The zero-order valence-corrected chi connectivity index (χ0v) is 13.1. The van der Waals surface area contributed by atoms with Gasteiger partial charge in [0.15, 0.2) is 0 Å². The second kappa shape index (κ2) is 5.36. The second-order valence-corrected chi connectivity index (χ2v) is 7.61. The summed E-state index contributed by atoms with van der Waals surface area (Å²) in [7, 11) is 0. The molecule has 0 amide bonds. The van der Waals surface area contributed by atoms with Gasteiger partial charge in [0, 0.05) is 10.6 Å². The van der Waals surface area contributed by atoms with Gasteiger partial charge < -0.3 is 5.73 Å². The van der Waals surface area contributed by atoms with Crippen molar-refractivity contribution >= 4 is 54.8 Å².